The Hall–Kier alpha value is -1.99. The van der Waals surface area contributed by atoms with Crippen LogP contribution in [0.3, 0.4) is 0 Å². The average molecular weight is 461 g/mol. The van der Waals surface area contributed by atoms with Crippen LogP contribution in [0.15, 0.2) is 6.20 Å². The first-order chi connectivity index (χ1) is 13.7. The van der Waals surface area contributed by atoms with Crippen LogP contribution in [0.1, 0.15) is 30.3 Å². The number of rotatable bonds is 4. The van der Waals surface area contributed by atoms with Crippen molar-refractivity contribution in [2.45, 2.75) is 50.9 Å². The van der Waals surface area contributed by atoms with E-state index in [1.54, 1.807) is 15.9 Å². The van der Waals surface area contributed by atoms with Gasteiger partial charge in [0.05, 0.1) is 12.2 Å². The van der Waals surface area contributed by atoms with Gasteiger partial charge in [0.15, 0.2) is 5.13 Å². The van der Waals surface area contributed by atoms with Gasteiger partial charge >= 0.3 is 11.8 Å². The molecule has 0 radical (unpaired) electrons. The molecule has 3 aliphatic heterocycles. The molecule has 0 unspecified atom stereocenters. The predicted molar refractivity (Wildman–Crippen MR) is 111 cm³/mol. The van der Waals surface area contributed by atoms with Gasteiger partial charge in [-0.1, -0.05) is 0 Å². The van der Waals surface area contributed by atoms with Gasteiger partial charge in [-0.2, -0.15) is 13.5 Å². The number of aromatic nitrogens is 3. The standard InChI is InChI=1S/C17H20F2N6O3S.H2S/c1-16(10-24-8-13(25(26)27)21-14(24)28-16)9-22-6-11-12(7-22)29-15(20-11)23-4-2-17(18,19)3-5-23;/h8H,2-7,9-10H2,1H3;1H2/t16-;/m0./s1. The molecule has 13 heteroatoms. The largest absolute Gasteiger partial charge is 0.436 e. The van der Waals surface area contributed by atoms with E-state index in [-0.39, 0.29) is 38.2 Å². The highest BCUT2D eigenvalue weighted by Crippen LogP contribution is 2.38. The van der Waals surface area contributed by atoms with Gasteiger partial charge in [-0.25, -0.2) is 13.8 Å². The highest BCUT2D eigenvalue weighted by atomic mass is 32.1. The third kappa shape index (κ3) is 3.85. The molecule has 1 saturated heterocycles. The van der Waals surface area contributed by atoms with Gasteiger partial charge in [-0.05, 0) is 11.8 Å². The second kappa shape index (κ2) is 7.31. The molecular weight excluding hydrogens is 438 g/mol. The van der Waals surface area contributed by atoms with Crippen molar-refractivity contribution < 1.29 is 18.4 Å². The van der Waals surface area contributed by atoms with E-state index in [1.165, 1.54) is 6.20 Å². The lowest BCUT2D eigenvalue weighted by molar-refractivity contribution is -0.389. The summed E-state index contributed by atoms with van der Waals surface area (Å²) in [5.74, 6) is -2.77. The summed E-state index contributed by atoms with van der Waals surface area (Å²) in [5, 5.41) is 11.7. The fourth-order valence-electron chi connectivity index (χ4n) is 4.20. The summed E-state index contributed by atoms with van der Waals surface area (Å²) in [5.41, 5.74) is 0.477. The predicted octanol–water partition coefficient (Wildman–Crippen LogP) is 2.76. The molecule has 0 amide bonds. The average Bonchev–Trinajstić information content (AvgIpc) is 3.32. The van der Waals surface area contributed by atoms with E-state index in [1.807, 2.05) is 11.8 Å². The highest BCUT2D eigenvalue weighted by Gasteiger charge is 2.43. The van der Waals surface area contributed by atoms with Crippen molar-refractivity contribution in [2.75, 3.05) is 24.5 Å². The fourth-order valence-corrected chi connectivity index (χ4v) is 5.36. The minimum Gasteiger partial charge on any atom is -0.436 e. The summed E-state index contributed by atoms with van der Waals surface area (Å²) in [7, 11) is 0. The van der Waals surface area contributed by atoms with E-state index in [2.05, 4.69) is 9.88 Å². The third-order valence-corrected chi connectivity index (χ3v) is 6.73. The molecule has 0 spiro atoms. The molecule has 0 saturated carbocycles. The number of thiazole rings is 1. The van der Waals surface area contributed by atoms with Crippen molar-refractivity contribution in [1.82, 2.24) is 19.4 Å². The van der Waals surface area contributed by atoms with Crippen LogP contribution < -0.4 is 9.64 Å². The van der Waals surface area contributed by atoms with Gasteiger partial charge in [-0.15, -0.1) is 11.3 Å². The summed E-state index contributed by atoms with van der Waals surface area (Å²) >= 11 is 1.58. The molecule has 2 aromatic rings. The van der Waals surface area contributed by atoms with E-state index >= 15 is 0 Å². The molecular formula is C17H22F2N6O3S2. The number of hydrogen-bond acceptors (Lipinski definition) is 8. The van der Waals surface area contributed by atoms with Crippen LogP contribution >= 0.6 is 24.8 Å². The Morgan fingerprint density at radius 1 is 1.30 bits per heavy atom. The maximum Gasteiger partial charge on any atom is 0.415 e. The number of imidazole rings is 1. The molecule has 1 atom stereocenters. The minimum atomic E-state index is -2.56. The topological polar surface area (TPSA) is 89.6 Å². The molecule has 3 aliphatic rings. The zero-order chi connectivity index (χ0) is 20.4. The zero-order valence-electron chi connectivity index (χ0n) is 16.3. The van der Waals surface area contributed by atoms with E-state index in [0.717, 1.165) is 22.2 Å². The fraction of sp³-hybridized carbons (Fsp3) is 0.647. The number of alkyl halides is 2. The highest BCUT2D eigenvalue weighted by molar-refractivity contribution is 7.59. The SMILES string of the molecule is C[C@]1(CN2Cc3nc(N4CCC(F)(F)CC4)sc3C2)Cn2cc([N+](=O)[O-])nc2O1.S. The zero-order valence-corrected chi connectivity index (χ0v) is 18.1. The van der Waals surface area contributed by atoms with Crippen molar-refractivity contribution in [2.24, 2.45) is 0 Å². The molecule has 5 rings (SSSR count). The van der Waals surface area contributed by atoms with Gasteiger partial charge in [-0.3, -0.25) is 9.47 Å². The lowest BCUT2D eigenvalue weighted by atomic mass is 10.1. The Bertz CT molecular complexity index is 924. The van der Waals surface area contributed by atoms with Crippen LogP contribution in [-0.2, 0) is 19.6 Å². The Balaban J connectivity index is 0.00000218. The Labute approximate surface area is 182 Å². The van der Waals surface area contributed by atoms with E-state index < -0.39 is 16.4 Å². The molecule has 164 valence electrons. The minimum absolute atomic E-state index is 0. The molecule has 1 fully saturated rings. The first kappa shape index (κ1) is 21.2. The van der Waals surface area contributed by atoms with Crippen LogP contribution in [0.25, 0.3) is 0 Å². The van der Waals surface area contributed by atoms with Gasteiger partial charge < -0.3 is 19.8 Å². The number of halogens is 2. The number of nitrogens with zero attached hydrogens (tertiary/aromatic N) is 6. The second-order valence-electron chi connectivity index (χ2n) is 8.17. The quantitative estimate of drug-likeness (QED) is 0.512. The molecule has 5 heterocycles. The summed E-state index contributed by atoms with van der Waals surface area (Å²) in [4.78, 5) is 24.3. The van der Waals surface area contributed by atoms with E-state index in [0.29, 0.717) is 32.7 Å². The van der Waals surface area contributed by atoms with Crippen molar-refractivity contribution >= 4 is 35.8 Å². The number of fused-ring (bicyclic) bond motifs is 2. The first-order valence-corrected chi connectivity index (χ1v) is 10.3. The second-order valence-corrected chi connectivity index (χ2v) is 9.24. The summed E-state index contributed by atoms with van der Waals surface area (Å²) < 4.78 is 34.3. The van der Waals surface area contributed by atoms with Crippen LogP contribution in [0, 0.1) is 10.1 Å². The van der Waals surface area contributed by atoms with E-state index in [9.17, 15) is 18.9 Å². The van der Waals surface area contributed by atoms with Crippen LogP contribution in [0.2, 0.25) is 0 Å². The van der Waals surface area contributed by atoms with Gasteiger partial charge in [0.25, 0.3) is 5.92 Å². The third-order valence-electron chi connectivity index (χ3n) is 5.59. The smallest absolute Gasteiger partial charge is 0.415 e. The van der Waals surface area contributed by atoms with Gasteiger partial charge in [0.2, 0.25) is 0 Å². The monoisotopic (exact) mass is 460 g/mol. The van der Waals surface area contributed by atoms with Crippen molar-refractivity contribution in [3.63, 3.8) is 0 Å². The van der Waals surface area contributed by atoms with Gasteiger partial charge in [0, 0.05) is 55.4 Å². The normalized spacial score (nSPS) is 24.8. The van der Waals surface area contributed by atoms with Crippen molar-refractivity contribution in [3.8, 4) is 6.01 Å². The summed E-state index contributed by atoms with van der Waals surface area (Å²) in [6.07, 6.45) is 1.16. The Kier molecular flexibility index (Phi) is 5.18. The number of piperidine rings is 1. The first-order valence-electron chi connectivity index (χ1n) is 9.44. The molecule has 30 heavy (non-hydrogen) atoms. The molecule has 0 bridgehead atoms. The molecule has 2 aromatic heterocycles. The van der Waals surface area contributed by atoms with Crippen LogP contribution in [0.4, 0.5) is 19.7 Å². The molecule has 9 nitrogen and oxygen atoms in total. The molecule has 0 aliphatic carbocycles. The number of nitro groups is 1. The van der Waals surface area contributed by atoms with E-state index in [4.69, 9.17) is 9.72 Å². The molecule has 0 N–H and O–H groups in total. The maximum atomic E-state index is 13.4. The summed E-state index contributed by atoms with van der Waals surface area (Å²) in [6, 6.07) is 0.274. The Morgan fingerprint density at radius 3 is 2.67 bits per heavy atom. The maximum absolute atomic E-state index is 13.4. The lowest BCUT2D eigenvalue weighted by Crippen LogP contribution is -2.43. The van der Waals surface area contributed by atoms with Crippen molar-refractivity contribution in [3.05, 3.63) is 26.9 Å². The number of ether oxygens (including phenoxy) is 1. The number of anilines is 1. The van der Waals surface area contributed by atoms with Gasteiger partial charge in [0.1, 0.15) is 11.8 Å². The lowest BCUT2D eigenvalue weighted by Gasteiger charge is -2.31. The van der Waals surface area contributed by atoms with Crippen LogP contribution in [-0.4, -0.2) is 55.5 Å². The molecule has 0 aromatic carbocycles. The summed E-state index contributed by atoms with van der Waals surface area (Å²) in [6.45, 7) is 5.19. The van der Waals surface area contributed by atoms with Crippen molar-refractivity contribution in [1.29, 1.82) is 0 Å². The van der Waals surface area contributed by atoms with Crippen LogP contribution in [0.5, 0.6) is 6.01 Å². The number of hydrogen-bond donors (Lipinski definition) is 0. The Morgan fingerprint density at radius 2 is 2.03 bits per heavy atom.